The van der Waals surface area contributed by atoms with Crippen LogP contribution >= 0.6 is 11.3 Å². The Morgan fingerprint density at radius 1 is 1.53 bits per heavy atom. The molecule has 0 spiro atoms. The fourth-order valence-corrected chi connectivity index (χ4v) is 2.68. The van der Waals surface area contributed by atoms with Gasteiger partial charge in [-0.25, -0.2) is 4.98 Å². The van der Waals surface area contributed by atoms with Crippen molar-refractivity contribution >= 4 is 17.2 Å². The largest absolute Gasteiger partial charge is 0.386 e. The molecule has 82 valence electrons. The first-order valence-corrected chi connectivity index (χ1v) is 5.66. The van der Waals surface area contributed by atoms with Gasteiger partial charge in [-0.3, -0.25) is 4.79 Å². The quantitative estimate of drug-likeness (QED) is 0.776. The van der Waals surface area contributed by atoms with E-state index in [2.05, 4.69) is 4.98 Å². The van der Waals surface area contributed by atoms with E-state index in [-0.39, 0.29) is 5.91 Å². The van der Waals surface area contributed by atoms with Crippen LogP contribution < -0.4 is 0 Å². The van der Waals surface area contributed by atoms with E-state index in [9.17, 15) is 9.90 Å². The van der Waals surface area contributed by atoms with Gasteiger partial charge >= 0.3 is 0 Å². The molecule has 1 aromatic heterocycles. The van der Waals surface area contributed by atoms with E-state index in [4.69, 9.17) is 0 Å². The lowest BCUT2D eigenvalue weighted by molar-refractivity contribution is -0.0667. The van der Waals surface area contributed by atoms with Gasteiger partial charge in [0.2, 0.25) is 0 Å². The molecule has 1 saturated heterocycles. The molecule has 0 aromatic carbocycles. The van der Waals surface area contributed by atoms with Crippen LogP contribution in [0.3, 0.4) is 0 Å². The fraction of sp³-hybridized carbons (Fsp3) is 0.600. The average Bonchev–Trinajstić information content (AvgIpc) is 2.40. The van der Waals surface area contributed by atoms with Crippen LogP contribution in [-0.4, -0.2) is 39.6 Å². The van der Waals surface area contributed by atoms with Crippen LogP contribution in [0.25, 0.3) is 0 Å². The molecule has 1 aliphatic heterocycles. The number of carbonyl (C=O) groups excluding carboxylic acids is 1. The number of likely N-dealkylation sites (tertiary alicyclic amines) is 1. The second-order valence-electron chi connectivity index (χ2n) is 4.31. The summed E-state index contributed by atoms with van der Waals surface area (Å²) in [7, 11) is 0. The van der Waals surface area contributed by atoms with Gasteiger partial charge in [0.05, 0.1) is 29.4 Å². The van der Waals surface area contributed by atoms with Gasteiger partial charge in [0, 0.05) is 0 Å². The number of nitrogens with zero attached hydrogens (tertiary/aromatic N) is 2. The lowest BCUT2D eigenvalue weighted by Gasteiger charge is -2.43. The normalized spacial score (nSPS) is 18.8. The molecule has 15 heavy (non-hydrogen) atoms. The molecule has 0 bridgehead atoms. The average molecular weight is 226 g/mol. The minimum absolute atomic E-state index is 0.00961. The van der Waals surface area contributed by atoms with Crippen molar-refractivity contribution in [3.05, 3.63) is 15.6 Å². The Labute approximate surface area is 92.6 Å². The summed E-state index contributed by atoms with van der Waals surface area (Å²) in [5, 5.41) is 10.5. The van der Waals surface area contributed by atoms with Gasteiger partial charge in [-0.15, -0.1) is 11.3 Å². The molecule has 1 aliphatic rings. The summed E-state index contributed by atoms with van der Waals surface area (Å²) >= 11 is 1.42. The minimum atomic E-state index is -0.705. The highest BCUT2D eigenvalue weighted by Crippen LogP contribution is 2.25. The molecule has 5 heteroatoms. The monoisotopic (exact) mass is 226 g/mol. The van der Waals surface area contributed by atoms with E-state index in [0.717, 1.165) is 10.7 Å². The molecule has 1 fully saturated rings. The maximum absolute atomic E-state index is 11.9. The van der Waals surface area contributed by atoms with Crippen LogP contribution in [0.4, 0.5) is 0 Å². The minimum Gasteiger partial charge on any atom is -0.386 e. The van der Waals surface area contributed by atoms with Crippen LogP contribution in [0.1, 0.15) is 27.3 Å². The number of hydrogen-bond donors (Lipinski definition) is 1. The number of rotatable bonds is 1. The molecular weight excluding hydrogens is 212 g/mol. The van der Waals surface area contributed by atoms with E-state index < -0.39 is 5.60 Å². The van der Waals surface area contributed by atoms with E-state index >= 15 is 0 Å². The number of β-amino-alcohol motifs (C(OH)–C–C–N with tert-alkyl or cyclic N) is 1. The Morgan fingerprint density at radius 3 is 2.53 bits per heavy atom. The molecular formula is C10H14N2O2S. The van der Waals surface area contributed by atoms with Crippen molar-refractivity contribution in [3.8, 4) is 0 Å². The topological polar surface area (TPSA) is 53.4 Å². The predicted octanol–water partition coefficient (Wildman–Crippen LogP) is 0.967. The molecule has 0 saturated carbocycles. The number of aromatic nitrogens is 1. The first-order valence-electron chi connectivity index (χ1n) is 4.85. The van der Waals surface area contributed by atoms with Gasteiger partial charge in [0.25, 0.3) is 5.91 Å². The Bertz CT molecular complexity index is 404. The third kappa shape index (κ3) is 1.89. The molecule has 1 amide bonds. The smallest absolute Gasteiger partial charge is 0.266 e. The summed E-state index contributed by atoms with van der Waals surface area (Å²) < 4.78 is 0. The Hall–Kier alpha value is -0.940. The van der Waals surface area contributed by atoms with Crippen LogP contribution in [0.2, 0.25) is 0 Å². The van der Waals surface area contributed by atoms with Gasteiger partial charge in [-0.2, -0.15) is 0 Å². The summed E-state index contributed by atoms with van der Waals surface area (Å²) in [5.41, 5.74) is 0.0811. The number of hydrogen-bond acceptors (Lipinski definition) is 4. The molecule has 1 aromatic rings. The van der Waals surface area contributed by atoms with Crippen LogP contribution in [0.15, 0.2) is 0 Å². The van der Waals surface area contributed by atoms with Crippen molar-refractivity contribution in [2.75, 3.05) is 13.1 Å². The molecule has 0 unspecified atom stereocenters. The van der Waals surface area contributed by atoms with Crippen molar-refractivity contribution in [1.29, 1.82) is 0 Å². The Morgan fingerprint density at radius 2 is 2.13 bits per heavy atom. The molecule has 1 N–H and O–H groups in total. The van der Waals surface area contributed by atoms with E-state index in [1.807, 2.05) is 13.8 Å². The summed E-state index contributed by atoms with van der Waals surface area (Å²) in [6.07, 6.45) is 0. The molecule has 0 aliphatic carbocycles. The maximum atomic E-state index is 11.9. The molecule has 0 atom stereocenters. The second-order valence-corrected chi connectivity index (χ2v) is 5.51. The highest BCUT2D eigenvalue weighted by molar-refractivity contribution is 7.13. The first kappa shape index (κ1) is 10.6. The number of thiazole rings is 1. The first-order chi connectivity index (χ1) is 6.89. The second kappa shape index (κ2) is 3.28. The fourth-order valence-electron chi connectivity index (χ4n) is 1.79. The SMILES string of the molecule is Cc1nc(C)c(C(=O)N2CC(C)(O)C2)s1. The van der Waals surface area contributed by atoms with Gasteiger partial charge in [0.1, 0.15) is 4.88 Å². The van der Waals surface area contributed by atoms with Crippen LogP contribution in [-0.2, 0) is 0 Å². The van der Waals surface area contributed by atoms with Crippen molar-refractivity contribution in [2.24, 2.45) is 0 Å². The molecule has 0 radical (unpaired) electrons. The molecule has 4 nitrogen and oxygen atoms in total. The predicted molar refractivity (Wildman–Crippen MR) is 58.1 cm³/mol. The van der Waals surface area contributed by atoms with Crippen LogP contribution in [0.5, 0.6) is 0 Å². The summed E-state index contributed by atoms with van der Waals surface area (Å²) in [5.74, 6) is -0.00961. The van der Waals surface area contributed by atoms with Gasteiger partial charge in [-0.05, 0) is 20.8 Å². The highest BCUT2D eigenvalue weighted by atomic mass is 32.1. The van der Waals surface area contributed by atoms with Crippen molar-refractivity contribution in [2.45, 2.75) is 26.4 Å². The molecule has 2 heterocycles. The summed E-state index contributed by atoms with van der Waals surface area (Å²) in [6, 6.07) is 0. The Balaban J connectivity index is 2.13. The summed E-state index contributed by atoms with van der Waals surface area (Å²) in [4.78, 5) is 18.5. The van der Waals surface area contributed by atoms with Crippen LogP contribution in [0, 0.1) is 13.8 Å². The maximum Gasteiger partial charge on any atom is 0.266 e. The van der Waals surface area contributed by atoms with E-state index in [0.29, 0.717) is 18.0 Å². The van der Waals surface area contributed by atoms with Gasteiger partial charge < -0.3 is 10.0 Å². The third-order valence-corrected chi connectivity index (χ3v) is 3.51. The van der Waals surface area contributed by atoms with Crippen molar-refractivity contribution in [1.82, 2.24) is 9.88 Å². The zero-order valence-electron chi connectivity index (χ0n) is 9.07. The standard InChI is InChI=1S/C10H14N2O2S/c1-6-8(15-7(2)11-6)9(13)12-4-10(3,14)5-12/h14H,4-5H2,1-3H3. The zero-order chi connectivity index (χ0) is 11.2. The van der Waals surface area contributed by atoms with E-state index in [1.54, 1.807) is 11.8 Å². The lowest BCUT2D eigenvalue weighted by atomic mass is 9.97. The number of aryl methyl sites for hydroxylation is 2. The summed E-state index contributed by atoms with van der Waals surface area (Å²) in [6.45, 7) is 6.31. The number of amides is 1. The zero-order valence-corrected chi connectivity index (χ0v) is 9.89. The number of aliphatic hydroxyl groups is 1. The highest BCUT2D eigenvalue weighted by Gasteiger charge is 2.40. The lowest BCUT2D eigenvalue weighted by Crippen LogP contribution is -2.61. The molecule has 2 rings (SSSR count). The van der Waals surface area contributed by atoms with Gasteiger partial charge in [0.15, 0.2) is 0 Å². The van der Waals surface area contributed by atoms with Gasteiger partial charge in [-0.1, -0.05) is 0 Å². The van der Waals surface area contributed by atoms with E-state index in [1.165, 1.54) is 11.3 Å². The number of carbonyl (C=O) groups is 1. The van der Waals surface area contributed by atoms with Crippen molar-refractivity contribution < 1.29 is 9.90 Å². The van der Waals surface area contributed by atoms with Crippen molar-refractivity contribution in [3.63, 3.8) is 0 Å². The Kier molecular flexibility index (Phi) is 2.31. The third-order valence-electron chi connectivity index (χ3n) is 2.45.